The van der Waals surface area contributed by atoms with E-state index in [1.54, 1.807) is 18.1 Å². The van der Waals surface area contributed by atoms with E-state index in [4.69, 9.17) is 5.73 Å². The summed E-state index contributed by atoms with van der Waals surface area (Å²) in [7, 11) is 0. The molecule has 3 aromatic rings. The van der Waals surface area contributed by atoms with Crippen LogP contribution in [0.5, 0.6) is 0 Å². The molecule has 0 saturated heterocycles. The molecule has 0 radical (unpaired) electrons. The number of thioether (sulfide) groups is 1. The van der Waals surface area contributed by atoms with Gasteiger partial charge in [-0.15, -0.1) is 6.58 Å². The van der Waals surface area contributed by atoms with Crippen molar-refractivity contribution in [3.8, 4) is 0 Å². The van der Waals surface area contributed by atoms with Gasteiger partial charge in [-0.05, 0) is 12.0 Å². The second-order valence-corrected chi connectivity index (χ2v) is 5.90. The van der Waals surface area contributed by atoms with Crippen LogP contribution in [0.2, 0.25) is 0 Å². The molecule has 1 aromatic carbocycles. The molecule has 0 saturated carbocycles. The van der Waals surface area contributed by atoms with Gasteiger partial charge in [0, 0.05) is 12.3 Å². The molecule has 0 atom stereocenters. The maximum atomic E-state index is 5.98. The predicted molar refractivity (Wildman–Crippen MR) is 90.8 cm³/mol. The summed E-state index contributed by atoms with van der Waals surface area (Å²) in [5.41, 5.74) is 8.70. The highest BCUT2D eigenvalue weighted by molar-refractivity contribution is 7.99. The summed E-state index contributed by atoms with van der Waals surface area (Å²) in [6, 6.07) is 10.4. The molecule has 0 aliphatic rings. The zero-order valence-corrected chi connectivity index (χ0v) is 13.0. The van der Waals surface area contributed by atoms with E-state index in [-0.39, 0.29) is 0 Å². The van der Waals surface area contributed by atoms with Gasteiger partial charge in [0.05, 0.1) is 6.33 Å². The van der Waals surface area contributed by atoms with Gasteiger partial charge >= 0.3 is 0 Å². The number of imidazole rings is 1. The number of aryl methyl sites for hydroxylation is 1. The molecule has 2 N–H and O–H groups in total. The molecule has 3 rings (SSSR count). The number of nitrogens with zero attached hydrogens (tertiary/aromatic N) is 4. The molecular formula is C16H17N5S. The molecule has 0 unspecified atom stereocenters. The van der Waals surface area contributed by atoms with Crippen LogP contribution in [0.4, 0.5) is 5.82 Å². The number of rotatable bonds is 6. The van der Waals surface area contributed by atoms with Crippen molar-refractivity contribution in [3.05, 3.63) is 54.9 Å². The number of nitrogen functional groups attached to an aromatic ring is 1. The van der Waals surface area contributed by atoms with Crippen molar-refractivity contribution in [1.29, 1.82) is 0 Å². The first kappa shape index (κ1) is 14.6. The first-order valence-electron chi connectivity index (χ1n) is 7.04. The van der Waals surface area contributed by atoms with E-state index in [1.807, 2.05) is 28.8 Å². The quantitative estimate of drug-likeness (QED) is 0.430. The summed E-state index contributed by atoms with van der Waals surface area (Å²) < 4.78 is 1.92. The number of allylic oxidation sites excluding steroid dienone is 1. The highest BCUT2D eigenvalue weighted by Gasteiger charge is 2.11. The lowest BCUT2D eigenvalue weighted by Gasteiger charge is -2.04. The molecule has 2 aromatic heterocycles. The molecule has 0 amide bonds. The molecular weight excluding hydrogens is 294 g/mol. The number of nitrogens with two attached hydrogens (primary N) is 1. The minimum absolute atomic E-state index is 0.426. The lowest BCUT2D eigenvalue weighted by Crippen LogP contribution is -2.01. The van der Waals surface area contributed by atoms with Gasteiger partial charge in [0.2, 0.25) is 0 Å². The third-order valence-electron chi connectivity index (χ3n) is 3.26. The average molecular weight is 311 g/mol. The van der Waals surface area contributed by atoms with Crippen molar-refractivity contribution < 1.29 is 0 Å². The Labute approximate surface area is 133 Å². The van der Waals surface area contributed by atoms with Gasteiger partial charge in [0.15, 0.2) is 16.6 Å². The van der Waals surface area contributed by atoms with Crippen molar-refractivity contribution in [2.45, 2.75) is 18.1 Å². The van der Waals surface area contributed by atoms with Crippen molar-refractivity contribution in [2.24, 2.45) is 0 Å². The molecule has 6 heteroatoms. The third kappa shape index (κ3) is 3.12. The van der Waals surface area contributed by atoms with Gasteiger partial charge in [-0.1, -0.05) is 48.2 Å². The van der Waals surface area contributed by atoms with Crippen molar-refractivity contribution in [3.63, 3.8) is 0 Å². The number of benzene rings is 1. The van der Waals surface area contributed by atoms with Crippen LogP contribution in [0.3, 0.4) is 0 Å². The Morgan fingerprint density at radius 1 is 1.23 bits per heavy atom. The monoisotopic (exact) mass is 311 g/mol. The third-order valence-corrected chi connectivity index (χ3v) is 4.11. The zero-order valence-electron chi connectivity index (χ0n) is 12.1. The van der Waals surface area contributed by atoms with Crippen LogP contribution < -0.4 is 5.73 Å². The molecule has 112 valence electrons. The number of aromatic nitrogens is 4. The summed E-state index contributed by atoms with van der Waals surface area (Å²) in [6.45, 7) is 4.40. The SMILES string of the molecule is C=CCn1cnc2c(N)nc(SCCc3ccccc3)nc21. The van der Waals surface area contributed by atoms with Crippen molar-refractivity contribution >= 4 is 28.7 Å². The molecule has 2 heterocycles. The van der Waals surface area contributed by atoms with Gasteiger partial charge in [0.25, 0.3) is 0 Å². The first-order chi connectivity index (χ1) is 10.8. The largest absolute Gasteiger partial charge is 0.382 e. The minimum Gasteiger partial charge on any atom is -0.382 e. The van der Waals surface area contributed by atoms with Crippen LogP contribution in [0.1, 0.15) is 5.56 Å². The maximum absolute atomic E-state index is 5.98. The van der Waals surface area contributed by atoms with Crippen LogP contribution in [-0.2, 0) is 13.0 Å². The summed E-state index contributed by atoms with van der Waals surface area (Å²) in [6.07, 6.45) is 4.50. The van der Waals surface area contributed by atoms with Crippen LogP contribution >= 0.6 is 11.8 Å². The Morgan fingerprint density at radius 3 is 2.82 bits per heavy atom. The fourth-order valence-electron chi connectivity index (χ4n) is 2.19. The van der Waals surface area contributed by atoms with E-state index >= 15 is 0 Å². The van der Waals surface area contributed by atoms with Crippen LogP contribution in [0, 0.1) is 0 Å². The fourth-order valence-corrected chi connectivity index (χ4v) is 3.02. The zero-order chi connectivity index (χ0) is 15.4. The van der Waals surface area contributed by atoms with E-state index in [0.29, 0.717) is 23.0 Å². The molecule has 22 heavy (non-hydrogen) atoms. The minimum atomic E-state index is 0.426. The van der Waals surface area contributed by atoms with E-state index in [9.17, 15) is 0 Å². The van der Waals surface area contributed by atoms with E-state index in [1.165, 1.54) is 5.56 Å². The summed E-state index contributed by atoms with van der Waals surface area (Å²) in [5.74, 6) is 1.33. The van der Waals surface area contributed by atoms with Crippen LogP contribution in [0.15, 0.2) is 54.5 Å². The predicted octanol–water partition coefficient (Wildman–Crippen LogP) is 2.93. The molecule has 0 fully saturated rings. The van der Waals surface area contributed by atoms with Crippen molar-refractivity contribution in [1.82, 2.24) is 19.5 Å². The second-order valence-electron chi connectivity index (χ2n) is 4.83. The maximum Gasteiger partial charge on any atom is 0.191 e. The Bertz CT molecular complexity index is 782. The van der Waals surface area contributed by atoms with Gasteiger partial charge < -0.3 is 10.3 Å². The lowest BCUT2D eigenvalue weighted by atomic mass is 10.2. The van der Waals surface area contributed by atoms with Crippen LogP contribution in [0.25, 0.3) is 11.2 Å². The number of hydrogen-bond donors (Lipinski definition) is 1. The standard InChI is InChI=1S/C16H17N5S/c1-2-9-21-11-18-13-14(17)19-16(20-15(13)21)22-10-8-12-6-4-3-5-7-12/h2-7,11H,1,8-10H2,(H2,17,19,20). The Kier molecular flexibility index (Phi) is 4.39. The smallest absolute Gasteiger partial charge is 0.191 e. The number of anilines is 1. The molecule has 0 aliphatic heterocycles. The Hall–Kier alpha value is -2.34. The summed E-state index contributed by atoms with van der Waals surface area (Å²) in [4.78, 5) is 13.2. The normalized spacial score (nSPS) is 10.9. The second kappa shape index (κ2) is 6.62. The molecule has 0 spiro atoms. The highest BCUT2D eigenvalue weighted by Crippen LogP contribution is 2.22. The van der Waals surface area contributed by atoms with Gasteiger partial charge in [-0.2, -0.15) is 0 Å². The molecule has 5 nitrogen and oxygen atoms in total. The number of fused-ring (bicyclic) bond motifs is 1. The Morgan fingerprint density at radius 2 is 2.05 bits per heavy atom. The topological polar surface area (TPSA) is 69.6 Å². The highest BCUT2D eigenvalue weighted by atomic mass is 32.2. The Balaban J connectivity index is 1.76. The summed E-state index contributed by atoms with van der Waals surface area (Å²) >= 11 is 1.61. The van der Waals surface area contributed by atoms with Crippen molar-refractivity contribution in [2.75, 3.05) is 11.5 Å². The van der Waals surface area contributed by atoms with Crippen LogP contribution in [-0.4, -0.2) is 25.3 Å². The average Bonchev–Trinajstić information content (AvgIpc) is 2.93. The van der Waals surface area contributed by atoms with Gasteiger partial charge in [-0.3, -0.25) is 0 Å². The van der Waals surface area contributed by atoms with Gasteiger partial charge in [0.1, 0.15) is 5.52 Å². The summed E-state index contributed by atoms with van der Waals surface area (Å²) in [5, 5.41) is 0.687. The van der Waals surface area contributed by atoms with E-state index in [2.05, 4.69) is 33.7 Å². The van der Waals surface area contributed by atoms with Gasteiger partial charge in [-0.25, -0.2) is 15.0 Å². The van der Waals surface area contributed by atoms with E-state index < -0.39 is 0 Å². The molecule has 0 aliphatic carbocycles. The lowest BCUT2D eigenvalue weighted by molar-refractivity contribution is 0.827. The van der Waals surface area contributed by atoms with E-state index in [0.717, 1.165) is 17.8 Å². The first-order valence-corrected chi connectivity index (χ1v) is 8.02. The number of hydrogen-bond acceptors (Lipinski definition) is 5. The molecule has 0 bridgehead atoms. The fraction of sp³-hybridized carbons (Fsp3) is 0.188.